The Morgan fingerprint density at radius 1 is 1.26 bits per heavy atom. The van der Waals surface area contributed by atoms with Gasteiger partial charge in [0.2, 0.25) is 0 Å². The largest absolute Gasteiger partial charge is 0.504 e. The number of aromatic hydroxyl groups is 1. The summed E-state index contributed by atoms with van der Waals surface area (Å²) in [5.74, 6) is -2.55. The molecule has 1 rings (SSSR count). The van der Waals surface area contributed by atoms with Crippen molar-refractivity contribution in [3.63, 3.8) is 0 Å². The maximum absolute atomic E-state index is 11.3. The molecule has 7 heteroatoms. The molecule has 0 amide bonds. The number of benzene rings is 1. The minimum atomic E-state index is -1.46. The summed E-state index contributed by atoms with van der Waals surface area (Å²) in [5, 5.41) is 18.3. The monoisotopic (exact) mass is 268 g/mol. The summed E-state index contributed by atoms with van der Waals surface area (Å²) in [4.78, 5) is 30.5. The number of hydrogen-bond donors (Lipinski definition) is 2. The average molecular weight is 268 g/mol. The summed E-state index contributed by atoms with van der Waals surface area (Å²) in [6, 6.07) is 4.10. The van der Waals surface area contributed by atoms with Crippen LogP contribution in [-0.2, 0) is 19.4 Å². The molecular weight excluding hydrogens is 256 g/mol. The molecule has 0 saturated heterocycles. The van der Waals surface area contributed by atoms with Gasteiger partial charge in [-0.15, -0.1) is 0 Å². The molecular formula is C12H12O7. The SMILES string of the molecule is COOC(=O)C(=Cc1ccc(O)c(OC)c1)C(=O)O. The first-order valence-corrected chi connectivity index (χ1v) is 5.06. The molecule has 0 unspecified atom stereocenters. The first-order chi connectivity index (χ1) is 8.99. The van der Waals surface area contributed by atoms with E-state index in [1.54, 1.807) is 0 Å². The smallest absolute Gasteiger partial charge is 0.380 e. The fourth-order valence-electron chi connectivity index (χ4n) is 1.28. The average Bonchev–Trinajstić information content (AvgIpc) is 2.37. The summed E-state index contributed by atoms with van der Waals surface area (Å²) in [7, 11) is 2.43. The molecule has 0 atom stereocenters. The second-order valence-corrected chi connectivity index (χ2v) is 3.33. The topological polar surface area (TPSA) is 102 Å². The Labute approximate surface area is 108 Å². The van der Waals surface area contributed by atoms with Crippen LogP contribution in [0.1, 0.15) is 5.56 Å². The van der Waals surface area contributed by atoms with E-state index in [2.05, 4.69) is 9.78 Å². The summed E-state index contributed by atoms with van der Waals surface area (Å²) in [5.41, 5.74) is -0.269. The van der Waals surface area contributed by atoms with E-state index in [9.17, 15) is 14.7 Å². The highest BCUT2D eigenvalue weighted by Gasteiger charge is 2.20. The van der Waals surface area contributed by atoms with Gasteiger partial charge in [0, 0.05) is 0 Å². The van der Waals surface area contributed by atoms with E-state index in [4.69, 9.17) is 9.84 Å². The predicted octanol–water partition coefficient (Wildman–Crippen LogP) is 0.973. The quantitative estimate of drug-likeness (QED) is 0.270. The van der Waals surface area contributed by atoms with E-state index >= 15 is 0 Å². The summed E-state index contributed by atoms with van der Waals surface area (Å²) in [6.07, 6.45) is 1.08. The molecule has 0 spiro atoms. The minimum absolute atomic E-state index is 0.101. The van der Waals surface area contributed by atoms with E-state index < -0.39 is 17.5 Å². The second kappa shape index (κ2) is 6.41. The molecule has 2 N–H and O–H groups in total. The van der Waals surface area contributed by atoms with E-state index in [-0.39, 0.29) is 11.5 Å². The first-order valence-electron chi connectivity index (χ1n) is 5.06. The van der Waals surface area contributed by atoms with E-state index in [1.807, 2.05) is 0 Å². The standard InChI is InChI=1S/C12H12O7/c1-17-10-6-7(3-4-9(10)13)5-8(11(14)15)12(16)19-18-2/h3-6,13H,1-2H3,(H,14,15). The van der Waals surface area contributed by atoms with Crippen LogP contribution in [-0.4, -0.2) is 36.4 Å². The van der Waals surface area contributed by atoms with E-state index in [0.717, 1.165) is 13.2 Å². The van der Waals surface area contributed by atoms with Gasteiger partial charge >= 0.3 is 11.9 Å². The number of carbonyl (C=O) groups is 2. The van der Waals surface area contributed by atoms with Crippen LogP contribution < -0.4 is 4.74 Å². The number of carboxylic acid groups (broad SMARTS) is 1. The third kappa shape index (κ3) is 3.71. The van der Waals surface area contributed by atoms with Crippen molar-refractivity contribution < 1.29 is 34.3 Å². The van der Waals surface area contributed by atoms with E-state index in [1.165, 1.54) is 25.3 Å². The van der Waals surface area contributed by atoms with Gasteiger partial charge in [0.1, 0.15) is 5.57 Å². The van der Waals surface area contributed by atoms with Crippen molar-refractivity contribution in [2.75, 3.05) is 14.2 Å². The highest BCUT2D eigenvalue weighted by molar-refractivity contribution is 6.16. The van der Waals surface area contributed by atoms with Gasteiger partial charge in [-0.2, -0.15) is 4.89 Å². The maximum atomic E-state index is 11.3. The lowest BCUT2D eigenvalue weighted by Gasteiger charge is -2.05. The van der Waals surface area contributed by atoms with Gasteiger partial charge < -0.3 is 14.9 Å². The Balaban J connectivity index is 3.15. The highest BCUT2D eigenvalue weighted by Crippen LogP contribution is 2.27. The molecule has 7 nitrogen and oxygen atoms in total. The third-order valence-corrected chi connectivity index (χ3v) is 2.12. The Kier molecular flexibility index (Phi) is 4.90. The zero-order valence-corrected chi connectivity index (χ0v) is 10.2. The summed E-state index contributed by atoms with van der Waals surface area (Å²) < 4.78 is 4.87. The zero-order valence-electron chi connectivity index (χ0n) is 10.2. The lowest BCUT2D eigenvalue weighted by Crippen LogP contribution is -2.14. The number of carboxylic acids is 1. The fraction of sp³-hybridized carbons (Fsp3) is 0.167. The van der Waals surface area contributed by atoms with Gasteiger partial charge in [-0.05, 0) is 23.8 Å². The number of methoxy groups -OCH3 is 1. The molecule has 0 aromatic heterocycles. The van der Waals surface area contributed by atoms with Crippen LogP contribution in [0, 0.1) is 0 Å². The molecule has 1 aromatic rings. The van der Waals surface area contributed by atoms with Gasteiger partial charge in [-0.1, -0.05) is 6.07 Å². The molecule has 0 fully saturated rings. The third-order valence-electron chi connectivity index (χ3n) is 2.12. The number of carbonyl (C=O) groups excluding carboxylic acids is 1. The lowest BCUT2D eigenvalue weighted by molar-refractivity contribution is -0.250. The molecule has 0 bridgehead atoms. The molecule has 0 heterocycles. The highest BCUT2D eigenvalue weighted by atomic mass is 17.2. The zero-order chi connectivity index (χ0) is 14.4. The molecule has 1 aromatic carbocycles. The first kappa shape index (κ1) is 14.5. The molecule has 0 radical (unpaired) electrons. The Morgan fingerprint density at radius 2 is 1.95 bits per heavy atom. The number of aliphatic carboxylic acids is 1. The molecule has 19 heavy (non-hydrogen) atoms. The van der Waals surface area contributed by atoms with E-state index in [0.29, 0.717) is 5.56 Å². The number of phenolic OH excluding ortho intramolecular Hbond substituents is 1. The lowest BCUT2D eigenvalue weighted by atomic mass is 10.1. The fourth-order valence-corrected chi connectivity index (χ4v) is 1.28. The van der Waals surface area contributed by atoms with Crippen molar-refractivity contribution >= 4 is 18.0 Å². The van der Waals surface area contributed by atoms with Crippen molar-refractivity contribution in [3.05, 3.63) is 29.3 Å². The number of rotatable bonds is 5. The van der Waals surface area contributed by atoms with Crippen molar-refractivity contribution in [1.82, 2.24) is 0 Å². The summed E-state index contributed by atoms with van der Waals surface area (Å²) in [6.45, 7) is 0. The minimum Gasteiger partial charge on any atom is -0.504 e. The maximum Gasteiger partial charge on any atom is 0.380 e. The molecule has 0 aliphatic carbocycles. The molecule has 0 saturated carbocycles. The van der Waals surface area contributed by atoms with Gasteiger partial charge in [0.15, 0.2) is 11.5 Å². The number of phenols is 1. The van der Waals surface area contributed by atoms with Crippen LogP contribution in [0.15, 0.2) is 23.8 Å². The molecule has 0 aliphatic heterocycles. The van der Waals surface area contributed by atoms with Crippen LogP contribution in [0.5, 0.6) is 11.5 Å². The summed E-state index contributed by atoms with van der Waals surface area (Å²) >= 11 is 0. The Bertz CT molecular complexity index is 519. The van der Waals surface area contributed by atoms with Gasteiger partial charge in [-0.3, -0.25) is 4.89 Å². The van der Waals surface area contributed by atoms with Crippen LogP contribution in [0.3, 0.4) is 0 Å². The second-order valence-electron chi connectivity index (χ2n) is 3.33. The van der Waals surface area contributed by atoms with Gasteiger partial charge in [0.05, 0.1) is 14.2 Å². The number of ether oxygens (including phenoxy) is 1. The predicted molar refractivity (Wildman–Crippen MR) is 63.4 cm³/mol. The van der Waals surface area contributed by atoms with Crippen LogP contribution in [0.2, 0.25) is 0 Å². The Hall–Kier alpha value is -2.54. The number of hydrogen-bond acceptors (Lipinski definition) is 6. The normalized spacial score (nSPS) is 10.9. The van der Waals surface area contributed by atoms with Gasteiger partial charge in [-0.25, -0.2) is 9.59 Å². The van der Waals surface area contributed by atoms with Crippen LogP contribution in [0.4, 0.5) is 0 Å². The molecule has 0 aliphatic rings. The van der Waals surface area contributed by atoms with Crippen LogP contribution >= 0.6 is 0 Å². The van der Waals surface area contributed by atoms with Gasteiger partial charge in [0.25, 0.3) is 0 Å². The Morgan fingerprint density at radius 3 is 2.47 bits per heavy atom. The van der Waals surface area contributed by atoms with Crippen molar-refractivity contribution in [2.24, 2.45) is 0 Å². The van der Waals surface area contributed by atoms with Crippen molar-refractivity contribution in [1.29, 1.82) is 0 Å². The van der Waals surface area contributed by atoms with Crippen LogP contribution in [0.25, 0.3) is 6.08 Å². The van der Waals surface area contributed by atoms with Crippen molar-refractivity contribution in [3.8, 4) is 11.5 Å². The van der Waals surface area contributed by atoms with Crippen molar-refractivity contribution in [2.45, 2.75) is 0 Å². The molecule has 102 valence electrons.